The van der Waals surface area contributed by atoms with Gasteiger partial charge in [0.2, 0.25) is 15.8 Å². The molecule has 1 aliphatic rings. The third-order valence-electron chi connectivity index (χ3n) is 4.42. The van der Waals surface area contributed by atoms with Crippen LogP contribution in [0.15, 0.2) is 27.5 Å². The molecule has 1 atom stereocenters. The SMILES string of the molecule is CCOC(=O)c1oc2ccc(S(=O)(=O)NCC(N)C3CC3)cc2c1C.Cl. The van der Waals surface area contributed by atoms with Crippen molar-refractivity contribution >= 4 is 39.4 Å². The summed E-state index contributed by atoms with van der Waals surface area (Å²) in [6.07, 6.45) is 2.11. The van der Waals surface area contributed by atoms with Crippen LogP contribution in [0.25, 0.3) is 11.0 Å². The van der Waals surface area contributed by atoms with E-state index in [1.165, 1.54) is 12.1 Å². The Labute approximate surface area is 158 Å². The van der Waals surface area contributed by atoms with Gasteiger partial charge in [-0.1, -0.05) is 0 Å². The molecule has 1 unspecified atom stereocenters. The standard InChI is InChI=1S/C17H22N2O5S.ClH/c1-3-23-17(20)16-10(2)13-8-12(6-7-15(13)24-16)25(21,22)19-9-14(18)11-4-5-11;/h6-8,11,14,19H,3-5,9,18H2,1-2H3;1H. The zero-order chi connectivity index (χ0) is 18.2. The zero-order valence-electron chi connectivity index (χ0n) is 14.7. The number of hydrogen-bond donors (Lipinski definition) is 2. The molecule has 0 radical (unpaired) electrons. The molecule has 1 saturated carbocycles. The predicted molar refractivity (Wildman–Crippen MR) is 100 cm³/mol. The summed E-state index contributed by atoms with van der Waals surface area (Å²) in [5.41, 5.74) is 6.95. The van der Waals surface area contributed by atoms with Gasteiger partial charge in [0.05, 0.1) is 11.5 Å². The lowest BCUT2D eigenvalue weighted by Gasteiger charge is -2.12. The Morgan fingerprint density at radius 1 is 1.42 bits per heavy atom. The molecule has 0 saturated heterocycles. The van der Waals surface area contributed by atoms with Crippen LogP contribution >= 0.6 is 12.4 Å². The van der Waals surface area contributed by atoms with Crippen molar-refractivity contribution in [3.63, 3.8) is 0 Å². The summed E-state index contributed by atoms with van der Waals surface area (Å²) in [4.78, 5) is 12.0. The molecule has 1 heterocycles. The van der Waals surface area contributed by atoms with Crippen molar-refractivity contribution in [2.45, 2.75) is 37.6 Å². The second-order valence-electron chi connectivity index (χ2n) is 6.29. The zero-order valence-corrected chi connectivity index (χ0v) is 16.3. The average molecular weight is 403 g/mol. The van der Waals surface area contributed by atoms with E-state index in [1.54, 1.807) is 19.9 Å². The number of carbonyl (C=O) groups is 1. The highest BCUT2D eigenvalue weighted by molar-refractivity contribution is 7.89. The highest BCUT2D eigenvalue weighted by Crippen LogP contribution is 2.31. The van der Waals surface area contributed by atoms with Gasteiger partial charge < -0.3 is 14.9 Å². The number of hydrogen-bond acceptors (Lipinski definition) is 6. The second kappa shape index (κ2) is 7.96. The predicted octanol–water partition coefficient (Wildman–Crippen LogP) is 2.36. The summed E-state index contributed by atoms with van der Waals surface area (Å²) < 4.78 is 38.0. The van der Waals surface area contributed by atoms with E-state index in [-0.39, 0.29) is 42.3 Å². The first-order chi connectivity index (χ1) is 11.8. The third-order valence-corrected chi connectivity index (χ3v) is 5.84. The van der Waals surface area contributed by atoms with Crippen molar-refractivity contribution < 1.29 is 22.4 Å². The van der Waals surface area contributed by atoms with Gasteiger partial charge in [0.25, 0.3) is 0 Å². The third kappa shape index (κ3) is 4.20. The molecule has 3 N–H and O–H groups in total. The molecule has 26 heavy (non-hydrogen) atoms. The number of nitrogens with two attached hydrogens (primary N) is 1. The lowest BCUT2D eigenvalue weighted by Crippen LogP contribution is -2.38. The molecule has 3 rings (SSSR count). The highest BCUT2D eigenvalue weighted by Gasteiger charge is 2.29. The maximum Gasteiger partial charge on any atom is 0.374 e. The summed E-state index contributed by atoms with van der Waals surface area (Å²) in [5, 5.41) is 0.567. The van der Waals surface area contributed by atoms with Gasteiger partial charge in [0, 0.05) is 23.5 Å². The number of sulfonamides is 1. The molecule has 1 aromatic heterocycles. The number of fused-ring (bicyclic) bond motifs is 1. The quantitative estimate of drug-likeness (QED) is 0.687. The molecule has 144 valence electrons. The average Bonchev–Trinajstić information content (AvgIpc) is 3.37. The number of rotatable bonds is 7. The van der Waals surface area contributed by atoms with Gasteiger partial charge in [-0.25, -0.2) is 17.9 Å². The molecule has 1 aliphatic carbocycles. The fourth-order valence-corrected chi connectivity index (χ4v) is 3.84. The summed E-state index contributed by atoms with van der Waals surface area (Å²) in [6.45, 7) is 3.85. The number of aryl methyl sites for hydroxylation is 1. The fourth-order valence-electron chi connectivity index (χ4n) is 2.74. The summed E-state index contributed by atoms with van der Waals surface area (Å²) in [6, 6.07) is 4.33. The number of furan rings is 1. The van der Waals surface area contributed by atoms with E-state index >= 15 is 0 Å². The fraction of sp³-hybridized carbons (Fsp3) is 0.471. The molecule has 0 spiro atoms. The highest BCUT2D eigenvalue weighted by atomic mass is 35.5. The van der Waals surface area contributed by atoms with Gasteiger partial charge in [-0.15, -0.1) is 12.4 Å². The minimum Gasteiger partial charge on any atom is -0.460 e. The summed E-state index contributed by atoms with van der Waals surface area (Å²) >= 11 is 0. The van der Waals surface area contributed by atoms with Crippen LogP contribution < -0.4 is 10.5 Å². The van der Waals surface area contributed by atoms with Crippen LogP contribution in [0.3, 0.4) is 0 Å². The minimum absolute atomic E-state index is 0. The molecule has 2 aromatic rings. The van der Waals surface area contributed by atoms with Crippen LogP contribution in [0.5, 0.6) is 0 Å². The lowest BCUT2D eigenvalue weighted by atomic mass is 10.1. The molecule has 1 aromatic carbocycles. The van der Waals surface area contributed by atoms with Crippen molar-refractivity contribution in [3.8, 4) is 0 Å². The monoisotopic (exact) mass is 402 g/mol. The van der Waals surface area contributed by atoms with Crippen LogP contribution in [-0.4, -0.2) is 33.6 Å². The molecule has 0 amide bonds. The van der Waals surface area contributed by atoms with E-state index < -0.39 is 16.0 Å². The molecule has 1 fully saturated rings. The smallest absolute Gasteiger partial charge is 0.374 e. The van der Waals surface area contributed by atoms with E-state index in [9.17, 15) is 13.2 Å². The number of benzene rings is 1. The normalized spacial score (nSPS) is 15.5. The Morgan fingerprint density at radius 3 is 2.73 bits per heavy atom. The van der Waals surface area contributed by atoms with Crippen LogP contribution in [0, 0.1) is 12.8 Å². The minimum atomic E-state index is -3.68. The molecular weight excluding hydrogens is 380 g/mol. The topological polar surface area (TPSA) is 112 Å². The molecule has 9 heteroatoms. The Morgan fingerprint density at radius 2 is 2.12 bits per heavy atom. The number of ether oxygens (including phenoxy) is 1. The van der Waals surface area contributed by atoms with E-state index in [4.69, 9.17) is 14.9 Å². The summed E-state index contributed by atoms with van der Waals surface area (Å²) in [5.74, 6) is -0.0577. The van der Waals surface area contributed by atoms with Crippen molar-refractivity contribution in [2.24, 2.45) is 11.7 Å². The Bertz CT molecular complexity index is 905. The molecule has 0 bridgehead atoms. The first kappa shape index (κ1) is 20.7. The number of carbonyl (C=O) groups excluding carboxylic acids is 1. The molecule has 7 nitrogen and oxygen atoms in total. The maximum absolute atomic E-state index is 12.5. The Kier molecular flexibility index (Phi) is 6.33. The van der Waals surface area contributed by atoms with Crippen LogP contribution in [0.1, 0.15) is 35.9 Å². The van der Waals surface area contributed by atoms with Crippen LogP contribution in [-0.2, 0) is 14.8 Å². The van der Waals surface area contributed by atoms with Gasteiger partial charge in [-0.2, -0.15) is 0 Å². The van der Waals surface area contributed by atoms with Crippen molar-refractivity contribution in [1.29, 1.82) is 0 Å². The van der Waals surface area contributed by atoms with Crippen LogP contribution in [0.4, 0.5) is 0 Å². The van der Waals surface area contributed by atoms with Crippen molar-refractivity contribution in [2.75, 3.05) is 13.2 Å². The van der Waals surface area contributed by atoms with Crippen molar-refractivity contribution in [1.82, 2.24) is 4.72 Å². The van der Waals surface area contributed by atoms with E-state index in [0.29, 0.717) is 22.5 Å². The number of esters is 1. The largest absolute Gasteiger partial charge is 0.460 e. The van der Waals surface area contributed by atoms with Gasteiger partial charge in [0.15, 0.2) is 0 Å². The number of nitrogens with one attached hydrogen (secondary N) is 1. The Balaban J connectivity index is 0.00000243. The van der Waals surface area contributed by atoms with Gasteiger partial charge in [0.1, 0.15) is 5.58 Å². The lowest BCUT2D eigenvalue weighted by molar-refractivity contribution is 0.0491. The molecular formula is C17H23ClN2O5S. The summed E-state index contributed by atoms with van der Waals surface area (Å²) in [7, 11) is -3.68. The van der Waals surface area contributed by atoms with Crippen LogP contribution in [0.2, 0.25) is 0 Å². The maximum atomic E-state index is 12.5. The first-order valence-electron chi connectivity index (χ1n) is 8.29. The molecule has 0 aliphatic heterocycles. The van der Waals surface area contributed by atoms with E-state index in [2.05, 4.69) is 4.72 Å². The number of halogens is 1. The van der Waals surface area contributed by atoms with Crippen molar-refractivity contribution in [3.05, 3.63) is 29.5 Å². The van der Waals surface area contributed by atoms with E-state index in [0.717, 1.165) is 12.8 Å². The van der Waals surface area contributed by atoms with Gasteiger partial charge >= 0.3 is 5.97 Å². The first-order valence-corrected chi connectivity index (χ1v) is 9.77. The van der Waals surface area contributed by atoms with Gasteiger partial charge in [-0.3, -0.25) is 0 Å². The van der Waals surface area contributed by atoms with E-state index in [1.807, 2.05) is 0 Å². The van der Waals surface area contributed by atoms with Gasteiger partial charge in [-0.05, 0) is 50.8 Å². The Hall–Kier alpha value is -1.61. The second-order valence-corrected chi connectivity index (χ2v) is 8.05.